The topological polar surface area (TPSA) is 50.7 Å². The summed E-state index contributed by atoms with van der Waals surface area (Å²) in [5.41, 5.74) is 1.26. The Morgan fingerprint density at radius 1 is 1.19 bits per heavy atom. The van der Waals surface area contributed by atoms with Crippen LogP contribution >= 0.6 is 27.5 Å². The lowest BCUT2D eigenvalue weighted by Gasteiger charge is -2.24. The molecule has 0 aliphatic rings. The lowest BCUT2D eigenvalue weighted by atomic mass is 10.1. The maximum absolute atomic E-state index is 13.1. The van der Waals surface area contributed by atoms with Gasteiger partial charge < -0.3 is 19.9 Å². The lowest BCUT2D eigenvalue weighted by molar-refractivity contribution is 0.187. The predicted octanol–water partition coefficient (Wildman–Crippen LogP) is 4.69. The number of halogens is 3. The minimum Gasteiger partial charge on any atom is -0.493 e. The van der Waals surface area contributed by atoms with Crippen LogP contribution in [0.3, 0.4) is 0 Å². The molecule has 0 aromatic heterocycles. The summed E-state index contributed by atoms with van der Waals surface area (Å²) in [5, 5.41) is 12.9. The van der Waals surface area contributed by atoms with Crippen molar-refractivity contribution in [2.24, 2.45) is 0 Å². The van der Waals surface area contributed by atoms with Crippen LogP contribution in [0.25, 0.3) is 0 Å². The fourth-order valence-electron chi connectivity index (χ4n) is 2.17. The number of benzene rings is 2. The number of hydrogen-bond acceptors (Lipinski definition) is 4. The molecule has 0 bridgehead atoms. The molecule has 7 heteroatoms. The van der Waals surface area contributed by atoms with Crippen molar-refractivity contribution in [3.05, 3.63) is 56.8 Å². The molecular formula is C19H22BrClFNO3. The Labute approximate surface area is 166 Å². The lowest BCUT2D eigenvalue weighted by Crippen LogP contribution is -2.42. The number of aliphatic hydroxyl groups excluding tert-OH is 1. The average molecular weight is 447 g/mol. The van der Waals surface area contributed by atoms with E-state index in [0.717, 1.165) is 10.0 Å². The van der Waals surface area contributed by atoms with Gasteiger partial charge >= 0.3 is 0 Å². The van der Waals surface area contributed by atoms with E-state index < -0.39 is 0 Å². The van der Waals surface area contributed by atoms with Crippen LogP contribution < -0.4 is 14.8 Å². The molecular weight excluding hydrogens is 425 g/mol. The van der Waals surface area contributed by atoms with E-state index >= 15 is 0 Å². The molecule has 0 radical (unpaired) electrons. The molecule has 0 amide bonds. The summed E-state index contributed by atoms with van der Waals surface area (Å²) in [6.45, 7) is 4.61. The Balaban J connectivity index is 2.15. The third kappa shape index (κ3) is 5.58. The van der Waals surface area contributed by atoms with Gasteiger partial charge in [-0.1, -0.05) is 33.6 Å². The number of methoxy groups -OCH3 is 1. The fourth-order valence-corrected chi connectivity index (χ4v) is 2.85. The SMILES string of the molecule is COc1cc(CNC(C)(C)CO)c(Br)cc1OCc1ccc(F)cc1Cl. The average Bonchev–Trinajstić information content (AvgIpc) is 2.60. The van der Waals surface area contributed by atoms with Crippen molar-refractivity contribution in [1.29, 1.82) is 0 Å². The van der Waals surface area contributed by atoms with Gasteiger partial charge in [-0.2, -0.15) is 0 Å². The Morgan fingerprint density at radius 3 is 2.54 bits per heavy atom. The van der Waals surface area contributed by atoms with E-state index in [-0.39, 0.29) is 24.6 Å². The fraction of sp³-hybridized carbons (Fsp3) is 0.368. The number of nitrogens with one attached hydrogen (secondary N) is 1. The van der Waals surface area contributed by atoms with Gasteiger partial charge in [-0.25, -0.2) is 4.39 Å². The van der Waals surface area contributed by atoms with Crippen molar-refractivity contribution in [1.82, 2.24) is 5.32 Å². The third-order valence-corrected chi connectivity index (χ3v) is 4.97. The molecule has 0 saturated heterocycles. The maximum Gasteiger partial charge on any atom is 0.162 e. The first kappa shape index (κ1) is 21.0. The van der Waals surface area contributed by atoms with Crippen molar-refractivity contribution in [2.45, 2.75) is 32.5 Å². The van der Waals surface area contributed by atoms with E-state index in [9.17, 15) is 9.50 Å². The van der Waals surface area contributed by atoms with Gasteiger partial charge in [-0.05, 0) is 43.7 Å². The second-order valence-corrected chi connectivity index (χ2v) is 7.78. The highest BCUT2D eigenvalue weighted by molar-refractivity contribution is 9.10. The maximum atomic E-state index is 13.1. The Bertz CT molecular complexity index is 771. The Hall–Kier alpha value is -1.34. The van der Waals surface area contributed by atoms with Crippen LogP contribution in [-0.2, 0) is 13.2 Å². The highest BCUT2D eigenvalue weighted by atomic mass is 79.9. The van der Waals surface area contributed by atoms with E-state index in [4.69, 9.17) is 21.1 Å². The van der Waals surface area contributed by atoms with Crippen LogP contribution in [0.2, 0.25) is 5.02 Å². The highest BCUT2D eigenvalue weighted by Gasteiger charge is 2.17. The smallest absolute Gasteiger partial charge is 0.162 e. The van der Waals surface area contributed by atoms with E-state index in [0.29, 0.717) is 28.6 Å². The molecule has 0 heterocycles. The summed E-state index contributed by atoms with van der Waals surface area (Å²) in [5.74, 6) is 0.733. The zero-order chi connectivity index (χ0) is 19.3. The monoisotopic (exact) mass is 445 g/mol. The molecule has 0 aliphatic carbocycles. The van der Waals surface area contributed by atoms with E-state index in [1.165, 1.54) is 12.1 Å². The summed E-state index contributed by atoms with van der Waals surface area (Å²) >= 11 is 9.57. The molecule has 0 fully saturated rings. The Morgan fingerprint density at radius 2 is 1.92 bits per heavy atom. The van der Waals surface area contributed by atoms with Gasteiger partial charge in [0.2, 0.25) is 0 Å². The first-order valence-electron chi connectivity index (χ1n) is 8.05. The van der Waals surface area contributed by atoms with Gasteiger partial charge in [0.15, 0.2) is 11.5 Å². The van der Waals surface area contributed by atoms with Crippen molar-refractivity contribution < 1.29 is 19.0 Å². The molecule has 2 rings (SSSR count). The molecule has 2 aromatic rings. The van der Waals surface area contributed by atoms with E-state index in [1.54, 1.807) is 13.2 Å². The van der Waals surface area contributed by atoms with Gasteiger partial charge in [-0.15, -0.1) is 0 Å². The van der Waals surface area contributed by atoms with Gasteiger partial charge in [0.25, 0.3) is 0 Å². The van der Waals surface area contributed by atoms with Crippen LogP contribution in [0.1, 0.15) is 25.0 Å². The van der Waals surface area contributed by atoms with Crippen LogP contribution in [0.4, 0.5) is 4.39 Å². The first-order chi connectivity index (χ1) is 12.3. The number of rotatable bonds is 8. The van der Waals surface area contributed by atoms with Crippen molar-refractivity contribution >= 4 is 27.5 Å². The van der Waals surface area contributed by atoms with Gasteiger partial charge in [-0.3, -0.25) is 0 Å². The summed E-state index contributed by atoms with van der Waals surface area (Å²) in [6, 6.07) is 7.88. The number of ether oxygens (including phenoxy) is 2. The van der Waals surface area contributed by atoms with Crippen LogP contribution in [0, 0.1) is 5.82 Å². The van der Waals surface area contributed by atoms with Crippen molar-refractivity contribution in [3.8, 4) is 11.5 Å². The molecule has 4 nitrogen and oxygen atoms in total. The minimum atomic E-state index is -0.388. The molecule has 0 saturated carbocycles. The van der Waals surface area contributed by atoms with Crippen molar-refractivity contribution in [2.75, 3.05) is 13.7 Å². The predicted molar refractivity (Wildman–Crippen MR) is 104 cm³/mol. The van der Waals surface area contributed by atoms with Gasteiger partial charge in [0.05, 0.1) is 18.7 Å². The highest BCUT2D eigenvalue weighted by Crippen LogP contribution is 2.34. The minimum absolute atomic E-state index is 0.0291. The quantitative estimate of drug-likeness (QED) is 0.618. The second-order valence-electron chi connectivity index (χ2n) is 6.51. The van der Waals surface area contributed by atoms with Crippen LogP contribution in [0.15, 0.2) is 34.8 Å². The van der Waals surface area contributed by atoms with Crippen LogP contribution in [-0.4, -0.2) is 24.4 Å². The molecule has 142 valence electrons. The van der Waals surface area contributed by atoms with Crippen molar-refractivity contribution in [3.63, 3.8) is 0 Å². The van der Waals surface area contributed by atoms with Gasteiger partial charge in [0.1, 0.15) is 12.4 Å². The second kappa shape index (κ2) is 9.04. The molecule has 2 aromatic carbocycles. The number of hydrogen-bond donors (Lipinski definition) is 2. The zero-order valence-corrected chi connectivity index (χ0v) is 17.2. The van der Waals surface area contributed by atoms with E-state index in [1.807, 2.05) is 26.0 Å². The molecule has 2 N–H and O–H groups in total. The molecule has 0 aliphatic heterocycles. The molecule has 26 heavy (non-hydrogen) atoms. The summed E-state index contributed by atoms with van der Waals surface area (Å²) in [4.78, 5) is 0. The number of aliphatic hydroxyl groups is 1. The third-order valence-electron chi connectivity index (χ3n) is 3.88. The molecule has 0 spiro atoms. The standard InChI is InChI=1S/C19H22BrClFNO3/c1-19(2,11-24)23-9-13-6-17(25-3)18(8-15(13)20)26-10-12-4-5-14(22)7-16(12)21/h4-8,23-24H,9-11H2,1-3H3. The summed E-state index contributed by atoms with van der Waals surface area (Å²) < 4.78 is 25.2. The summed E-state index contributed by atoms with van der Waals surface area (Å²) in [6.07, 6.45) is 0. The largest absolute Gasteiger partial charge is 0.493 e. The van der Waals surface area contributed by atoms with Crippen LogP contribution in [0.5, 0.6) is 11.5 Å². The zero-order valence-electron chi connectivity index (χ0n) is 14.9. The first-order valence-corrected chi connectivity index (χ1v) is 9.22. The molecule has 0 unspecified atom stereocenters. The summed E-state index contributed by atoms with van der Waals surface area (Å²) in [7, 11) is 1.57. The molecule has 0 atom stereocenters. The normalized spacial score (nSPS) is 11.5. The van der Waals surface area contributed by atoms with E-state index in [2.05, 4.69) is 21.2 Å². The Kier molecular flexibility index (Phi) is 7.29. The van der Waals surface area contributed by atoms with Gasteiger partial charge in [0, 0.05) is 22.1 Å².